The number of amides is 1. The second-order valence-corrected chi connectivity index (χ2v) is 5.67. The Hall–Kier alpha value is -0.580. The normalized spacial score (nSPS) is 18.5. The lowest BCUT2D eigenvalue weighted by Gasteiger charge is -2.12. The first-order valence-electron chi connectivity index (χ1n) is 5.42. The van der Waals surface area contributed by atoms with Gasteiger partial charge in [-0.25, -0.2) is 0 Å². The maximum absolute atomic E-state index is 11.1. The Labute approximate surface area is 104 Å². The third-order valence-electron chi connectivity index (χ3n) is 2.87. The maximum atomic E-state index is 11.1. The van der Waals surface area contributed by atoms with E-state index < -0.39 is 0 Å². The first kappa shape index (κ1) is 11.9. The fraction of sp³-hybridized carbons (Fsp3) is 0.545. The Bertz CT molecular complexity index is 391. The van der Waals surface area contributed by atoms with Crippen LogP contribution in [0.1, 0.15) is 29.3 Å². The Morgan fingerprint density at radius 2 is 2.50 bits per heavy atom. The number of halogens is 1. The molecule has 0 bridgehead atoms. The number of fused-ring (bicyclic) bond motifs is 1. The van der Waals surface area contributed by atoms with Gasteiger partial charge in [-0.1, -0.05) is 11.6 Å². The van der Waals surface area contributed by atoms with Gasteiger partial charge in [0.1, 0.15) is 0 Å². The Morgan fingerprint density at radius 1 is 1.69 bits per heavy atom. The molecular weight excluding hydrogens is 244 g/mol. The van der Waals surface area contributed by atoms with Gasteiger partial charge in [0, 0.05) is 30.9 Å². The molecule has 1 aromatic rings. The van der Waals surface area contributed by atoms with Crippen LogP contribution in [-0.2, 0) is 11.2 Å². The highest BCUT2D eigenvalue weighted by molar-refractivity contribution is 7.16. The van der Waals surface area contributed by atoms with Crippen molar-refractivity contribution >= 4 is 28.8 Å². The second kappa shape index (κ2) is 5.17. The minimum absolute atomic E-state index is 0.0778. The lowest BCUT2D eigenvalue weighted by molar-refractivity contribution is -0.120. The van der Waals surface area contributed by atoms with Crippen molar-refractivity contribution in [1.82, 2.24) is 10.6 Å². The number of carbonyl (C=O) groups excluding carboxylic acids is 1. The van der Waals surface area contributed by atoms with E-state index in [-0.39, 0.29) is 5.91 Å². The molecule has 88 valence electrons. The maximum Gasteiger partial charge on any atom is 0.221 e. The van der Waals surface area contributed by atoms with Crippen molar-refractivity contribution in [2.75, 3.05) is 13.6 Å². The summed E-state index contributed by atoms with van der Waals surface area (Å²) in [7, 11) is 1.66. The number of aryl methyl sites for hydroxylation is 1. The van der Waals surface area contributed by atoms with Crippen LogP contribution in [0.15, 0.2) is 6.07 Å². The summed E-state index contributed by atoms with van der Waals surface area (Å²) in [4.78, 5) is 12.5. The Balaban J connectivity index is 1.86. The van der Waals surface area contributed by atoms with Gasteiger partial charge in [-0.2, -0.15) is 0 Å². The van der Waals surface area contributed by atoms with Crippen molar-refractivity contribution in [2.45, 2.75) is 25.3 Å². The van der Waals surface area contributed by atoms with Gasteiger partial charge in [0.2, 0.25) is 5.91 Å². The van der Waals surface area contributed by atoms with E-state index in [1.54, 1.807) is 18.4 Å². The quantitative estimate of drug-likeness (QED) is 0.869. The van der Waals surface area contributed by atoms with Crippen LogP contribution in [0.5, 0.6) is 0 Å². The lowest BCUT2D eigenvalue weighted by Crippen LogP contribution is -2.26. The summed E-state index contributed by atoms with van der Waals surface area (Å²) >= 11 is 7.65. The van der Waals surface area contributed by atoms with E-state index in [0.717, 1.165) is 23.7 Å². The number of nitrogens with one attached hydrogen (secondary N) is 2. The lowest BCUT2D eigenvalue weighted by atomic mass is 10.2. The zero-order chi connectivity index (χ0) is 11.5. The molecule has 5 heteroatoms. The molecule has 0 aromatic carbocycles. The van der Waals surface area contributed by atoms with Gasteiger partial charge in [-0.05, 0) is 24.5 Å². The molecule has 0 saturated carbocycles. The molecule has 2 rings (SSSR count). The molecular formula is C11H15ClN2OS. The monoisotopic (exact) mass is 258 g/mol. The summed E-state index contributed by atoms with van der Waals surface area (Å²) in [6.07, 6.45) is 2.75. The molecule has 1 heterocycles. The smallest absolute Gasteiger partial charge is 0.221 e. The average Bonchev–Trinajstić information content (AvgIpc) is 2.78. The summed E-state index contributed by atoms with van der Waals surface area (Å²) in [5, 5.41) is 6.02. The highest BCUT2D eigenvalue weighted by Gasteiger charge is 2.24. The molecule has 16 heavy (non-hydrogen) atoms. The van der Waals surface area contributed by atoms with Gasteiger partial charge in [-0.3, -0.25) is 4.79 Å². The molecule has 0 radical (unpaired) electrons. The SMILES string of the molecule is CNC(=O)CCNC1CCc2sc(Cl)cc21. The van der Waals surface area contributed by atoms with Crippen LogP contribution in [0, 0.1) is 0 Å². The fourth-order valence-corrected chi connectivity index (χ4v) is 3.38. The third-order valence-corrected chi connectivity index (χ3v) is 4.21. The van der Waals surface area contributed by atoms with Crippen LogP contribution in [0.3, 0.4) is 0 Å². The van der Waals surface area contributed by atoms with Crippen molar-refractivity contribution in [1.29, 1.82) is 0 Å². The van der Waals surface area contributed by atoms with E-state index >= 15 is 0 Å². The van der Waals surface area contributed by atoms with Crippen molar-refractivity contribution in [3.05, 3.63) is 20.8 Å². The van der Waals surface area contributed by atoms with E-state index in [2.05, 4.69) is 10.6 Å². The molecule has 1 aliphatic carbocycles. The molecule has 1 atom stereocenters. The van der Waals surface area contributed by atoms with E-state index in [1.165, 1.54) is 10.4 Å². The summed E-state index contributed by atoms with van der Waals surface area (Å²) in [5.74, 6) is 0.0778. The predicted octanol–water partition coefficient (Wildman–Crippen LogP) is 2.11. The van der Waals surface area contributed by atoms with Crippen LogP contribution < -0.4 is 10.6 Å². The van der Waals surface area contributed by atoms with Gasteiger partial charge in [0.05, 0.1) is 4.34 Å². The highest BCUT2D eigenvalue weighted by atomic mass is 35.5. The van der Waals surface area contributed by atoms with Gasteiger partial charge in [0.15, 0.2) is 0 Å². The largest absolute Gasteiger partial charge is 0.359 e. The molecule has 0 aliphatic heterocycles. The molecule has 0 saturated heterocycles. The van der Waals surface area contributed by atoms with Crippen LogP contribution in [-0.4, -0.2) is 19.5 Å². The standard InChI is InChI=1S/C11H15ClN2OS/c1-13-11(15)4-5-14-8-2-3-9-7(8)6-10(12)16-9/h6,8,14H,2-5H2,1H3,(H,13,15). The first-order valence-corrected chi connectivity index (χ1v) is 6.62. The van der Waals surface area contributed by atoms with Crippen LogP contribution in [0.25, 0.3) is 0 Å². The summed E-state index contributed by atoms with van der Waals surface area (Å²) in [5.41, 5.74) is 1.33. The second-order valence-electron chi connectivity index (χ2n) is 3.90. The van der Waals surface area contributed by atoms with Crippen LogP contribution in [0.2, 0.25) is 4.34 Å². The number of carbonyl (C=O) groups is 1. The predicted molar refractivity (Wildman–Crippen MR) is 67.1 cm³/mol. The molecule has 1 aromatic heterocycles. The van der Waals surface area contributed by atoms with E-state index in [4.69, 9.17) is 11.6 Å². The number of thiophene rings is 1. The number of rotatable bonds is 4. The fourth-order valence-electron chi connectivity index (χ4n) is 2.03. The molecule has 1 aliphatic rings. The van der Waals surface area contributed by atoms with Crippen molar-refractivity contribution in [3.8, 4) is 0 Å². The number of hydrogen-bond donors (Lipinski definition) is 2. The van der Waals surface area contributed by atoms with Gasteiger partial charge >= 0.3 is 0 Å². The molecule has 0 fully saturated rings. The molecule has 1 amide bonds. The topological polar surface area (TPSA) is 41.1 Å². The first-order chi connectivity index (χ1) is 7.70. The van der Waals surface area contributed by atoms with Crippen molar-refractivity contribution < 1.29 is 4.79 Å². The minimum atomic E-state index is 0.0778. The number of hydrogen-bond acceptors (Lipinski definition) is 3. The summed E-state index contributed by atoms with van der Waals surface area (Å²) < 4.78 is 0.864. The van der Waals surface area contributed by atoms with Crippen molar-refractivity contribution in [2.24, 2.45) is 0 Å². The van der Waals surface area contributed by atoms with E-state index in [0.29, 0.717) is 12.5 Å². The van der Waals surface area contributed by atoms with Gasteiger partial charge in [0.25, 0.3) is 0 Å². The van der Waals surface area contributed by atoms with Gasteiger partial charge in [-0.15, -0.1) is 11.3 Å². The Kier molecular flexibility index (Phi) is 3.84. The molecule has 3 nitrogen and oxygen atoms in total. The zero-order valence-electron chi connectivity index (χ0n) is 9.18. The van der Waals surface area contributed by atoms with Crippen LogP contribution in [0.4, 0.5) is 0 Å². The average molecular weight is 259 g/mol. The minimum Gasteiger partial charge on any atom is -0.359 e. The molecule has 0 spiro atoms. The summed E-state index contributed by atoms with van der Waals surface area (Å²) in [6.45, 7) is 0.719. The summed E-state index contributed by atoms with van der Waals surface area (Å²) in [6, 6.07) is 2.43. The van der Waals surface area contributed by atoms with Crippen molar-refractivity contribution in [3.63, 3.8) is 0 Å². The van der Waals surface area contributed by atoms with E-state index in [1.807, 2.05) is 6.07 Å². The Morgan fingerprint density at radius 3 is 3.25 bits per heavy atom. The highest BCUT2D eigenvalue weighted by Crippen LogP contribution is 2.39. The third kappa shape index (κ3) is 2.56. The van der Waals surface area contributed by atoms with Crippen LogP contribution >= 0.6 is 22.9 Å². The zero-order valence-corrected chi connectivity index (χ0v) is 10.8. The van der Waals surface area contributed by atoms with E-state index in [9.17, 15) is 4.79 Å². The molecule has 2 N–H and O–H groups in total. The van der Waals surface area contributed by atoms with Gasteiger partial charge < -0.3 is 10.6 Å². The molecule has 1 unspecified atom stereocenters.